The number of methoxy groups -OCH3 is 1. The average Bonchev–Trinajstić information content (AvgIpc) is 2.37. The van der Waals surface area contributed by atoms with Gasteiger partial charge in [0.1, 0.15) is 0 Å². The van der Waals surface area contributed by atoms with Gasteiger partial charge in [-0.05, 0) is 51.6 Å². The van der Waals surface area contributed by atoms with Crippen molar-refractivity contribution < 1.29 is 9.53 Å². The van der Waals surface area contributed by atoms with E-state index < -0.39 is 0 Å². The Morgan fingerprint density at radius 2 is 2.21 bits per heavy atom. The number of nitrogens with one attached hydrogen (secondary N) is 2. The van der Waals surface area contributed by atoms with E-state index in [1.165, 1.54) is 12.8 Å². The average molecular weight is 293 g/mol. The summed E-state index contributed by atoms with van der Waals surface area (Å²) in [6, 6.07) is 0. The third-order valence-electron chi connectivity index (χ3n) is 3.91. The lowest BCUT2D eigenvalue weighted by molar-refractivity contribution is -0.123. The van der Waals surface area contributed by atoms with Gasteiger partial charge in [-0.25, -0.2) is 0 Å². The molecule has 114 valence electrons. The first-order valence-corrected chi connectivity index (χ1v) is 6.97. The Morgan fingerprint density at radius 1 is 1.53 bits per heavy atom. The van der Waals surface area contributed by atoms with Crippen LogP contribution in [0.3, 0.4) is 0 Å². The van der Waals surface area contributed by atoms with E-state index in [1.807, 2.05) is 13.8 Å². The molecule has 1 heterocycles. The Hall–Kier alpha value is -0.320. The van der Waals surface area contributed by atoms with Crippen molar-refractivity contribution in [3.63, 3.8) is 0 Å². The summed E-state index contributed by atoms with van der Waals surface area (Å²) in [7, 11) is 1.67. The number of halogens is 1. The molecule has 4 nitrogen and oxygen atoms in total. The zero-order valence-electron chi connectivity index (χ0n) is 12.6. The van der Waals surface area contributed by atoms with Crippen molar-refractivity contribution in [2.45, 2.75) is 45.6 Å². The van der Waals surface area contributed by atoms with Gasteiger partial charge in [-0.3, -0.25) is 4.79 Å². The van der Waals surface area contributed by atoms with Gasteiger partial charge in [0, 0.05) is 20.1 Å². The third kappa shape index (κ3) is 7.14. The maximum absolute atomic E-state index is 11.9. The highest BCUT2D eigenvalue weighted by molar-refractivity contribution is 5.85. The Labute approximate surface area is 123 Å². The lowest BCUT2D eigenvalue weighted by Gasteiger charge is -2.28. The first-order chi connectivity index (χ1) is 8.44. The number of piperidine rings is 1. The summed E-state index contributed by atoms with van der Waals surface area (Å²) in [5.41, 5.74) is -0.286. The Balaban J connectivity index is 0.00000324. The van der Waals surface area contributed by atoms with Crippen molar-refractivity contribution in [1.82, 2.24) is 10.6 Å². The minimum absolute atomic E-state index is 0. The van der Waals surface area contributed by atoms with Crippen molar-refractivity contribution in [3.8, 4) is 0 Å². The molecule has 0 spiro atoms. The minimum atomic E-state index is -0.286. The topological polar surface area (TPSA) is 50.4 Å². The fraction of sp³-hybridized carbons (Fsp3) is 0.929. The molecule has 0 aromatic heterocycles. The molecule has 0 radical (unpaired) electrons. The predicted octanol–water partition coefficient (Wildman–Crippen LogP) is 1.98. The molecule has 19 heavy (non-hydrogen) atoms. The van der Waals surface area contributed by atoms with E-state index in [4.69, 9.17) is 4.74 Å². The summed E-state index contributed by atoms with van der Waals surface area (Å²) in [5, 5.41) is 6.36. The van der Waals surface area contributed by atoms with Gasteiger partial charge in [0.05, 0.1) is 5.60 Å². The maximum atomic E-state index is 11.9. The van der Waals surface area contributed by atoms with E-state index in [2.05, 4.69) is 17.6 Å². The summed E-state index contributed by atoms with van der Waals surface area (Å²) in [6.07, 6.45) is 3.09. The molecule has 0 bridgehead atoms. The van der Waals surface area contributed by atoms with Crippen molar-refractivity contribution in [1.29, 1.82) is 0 Å². The monoisotopic (exact) mass is 292 g/mol. The summed E-state index contributed by atoms with van der Waals surface area (Å²) in [6.45, 7) is 8.87. The van der Waals surface area contributed by atoms with Crippen LogP contribution < -0.4 is 10.6 Å². The first-order valence-electron chi connectivity index (χ1n) is 6.97. The molecule has 0 aliphatic carbocycles. The normalized spacial score (nSPS) is 21.4. The fourth-order valence-corrected chi connectivity index (χ4v) is 2.28. The predicted molar refractivity (Wildman–Crippen MR) is 80.7 cm³/mol. The van der Waals surface area contributed by atoms with E-state index in [1.54, 1.807) is 7.11 Å². The second kappa shape index (κ2) is 8.77. The lowest BCUT2D eigenvalue weighted by Crippen LogP contribution is -2.41. The van der Waals surface area contributed by atoms with Crippen LogP contribution in [0.25, 0.3) is 0 Å². The molecule has 2 unspecified atom stereocenters. The van der Waals surface area contributed by atoms with Gasteiger partial charge in [0.25, 0.3) is 0 Å². The van der Waals surface area contributed by atoms with Crippen LogP contribution in [-0.2, 0) is 9.53 Å². The Morgan fingerprint density at radius 3 is 2.74 bits per heavy atom. The molecule has 0 aromatic carbocycles. The van der Waals surface area contributed by atoms with Gasteiger partial charge in [0.15, 0.2) is 0 Å². The lowest BCUT2D eigenvalue weighted by atomic mass is 9.85. The van der Waals surface area contributed by atoms with Crippen molar-refractivity contribution in [2.24, 2.45) is 11.8 Å². The van der Waals surface area contributed by atoms with E-state index in [-0.39, 0.29) is 23.9 Å². The van der Waals surface area contributed by atoms with Gasteiger partial charge in [0.2, 0.25) is 5.91 Å². The van der Waals surface area contributed by atoms with E-state index in [0.29, 0.717) is 24.8 Å². The van der Waals surface area contributed by atoms with Crippen LogP contribution in [0.4, 0.5) is 0 Å². The van der Waals surface area contributed by atoms with Gasteiger partial charge >= 0.3 is 0 Å². The van der Waals surface area contributed by atoms with Crippen molar-refractivity contribution in [3.05, 3.63) is 0 Å². The van der Waals surface area contributed by atoms with Crippen LogP contribution >= 0.6 is 12.4 Å². The number of hydrogen-bond acceptors (Lipinski definition) is 3. The summed E-state index contributed by atoms with van der Waals surface area (Å²) < 4.78 is 5.28. The van der Waals surface area contributed by atoms with Gasteiger partial charge in [-0.2, -0.15) is 0 Å². The Kier molecular flexibility index (Phi) is 8.62. The molecule has 1 amide bonds. The molecule has 1 aliphatic heterocycles. The van der Waals surface area contributed by atoms with Gasteiger partial charge in [-0.15, -0.1) is 12.4 Å². The van der Waals surface area contributed by atoms with Crippen molar-refractivity contribution >= 4 is 18.3 Å². The minimum Gasteiger partial charge on any atom is -0.377 e. The highest BCUT2D eigenvalue weighted by Gasteiger charge is 2.23. The zero-order valence-corrected chi connectivity index (χ0v) is 13.4. The highest BCUT2D eigenvalue weighted by Crippen LogP contribution is 2.22. The second-order valence-electron chi connectivity index (χ2n) is 6.03. The quantitative estimate of drug-likeness (QED) is 0.787. The largest absolute Gasteiger partial charge is 0.377 e. The molecule has 1 aliphatic rings. The number of carbonyl (C=O) groups is 1. The Bertz CT molecular complexity index is 266. The van der Waals surface area contributed by atoms with Crippen LogP contribution in [0.5, 0.6) is 0 Å². The third-order valence-corrected chi connectivity index (χ3v) is 3.91. The molecule has 0 aromatic rings. The number of hydrogen-bond donors (Lipinski definition) is 2. The van der Waals surface area contributed by atoms with Gasteiger partial charge in [-0.1, -0.05) is 6.92 Å². The molecular formula is C14H29ClN2O2. The molecule has 0 saturated carbocycles. The maximum Gasteiger partial charge on any atom is 0.220 e. The summed E-state index contributed by atoms with van der Waals surface area (Å²) in [5.74, 6) is 1.22. The summed E-state index contributed by atoms with van der Waals surface area (Å²) >= 11 is 0. The van der Waals surface area contributed by atoms with Crippen LogP contribution in [-0.4, -0.2) is 38.3 Å². The van der Waals surface area contributed by atoms with Gasteiger partial charge < -0.3 is 15.4 Å². The number of amides is 1. The van der Waals surface area contributed by atoms with Crippen molar-refractivity contribution in [2.75, 3.05) is 26.7 Å². The number of carbonyl (C=O) groups excluding carboxylic acids is 1. The summed E-state index contributed by atoms with van der Waals surface area (Å²) in [4.78, 5) is 11.9. The molecule has 1 rings (SSSR count). The van der Waals surface area contributed by atoms with Crippen LogP contribution in [0, 0.1) is 11.8 Å². The highest BCUT2D eigenvalue weighted by atomic mass is 35.5. The van der Waals surface area contributed by atoms with Crippen LogP contribution in [0.1, 0.15) is 40.0 Å². The fourth-order valence-electron chi connectivity index (χ4n) is 2.28. The standard InChI is InChI=1S/C14H28N2O2.ClH/c1-11(12-6-5-7-15-9-12)8-13(17)16-10-14(2,3)18-4;/h11-12,15H,5-10H2,1-4H3,(H,16,17);1H. The molecule has 1 fully saturated rings. The molecule has 5 heteroatoms. The van der Waals surface area contributed by atoms with E-state index in [9.17, 15) is 4.79 Å². The zero-order chi connectivity index (χ0) is 13.6. The molecule has 2 atom stereocenters. The molecular weight excluding hydrogens is 264 g/mol. The smallest absolute Gasteiger partial charge is 0.220 e. The number of rotatable bonds is 6. The van der Waals surface area contributed by atoms with E-state index in [0.717, 1.165) is 13.1 Å². The molecule has 2 N–H and O–H groups in total. The second-order valence-corrected chi connectivity index (χ2v) is 6.03. The number of ether oxygens (including phenoxy) is 1. The van der Waals surface area contributed by atoms with Crippen LogP contribution in [0.2, 0.25) is 0 Å². The van der Waals surface area contributed by atoms with Crippen LogP contribution in [0.15, 0.2) is 0 Å². The SMILES string of the molecule is COC(C)(C)CNC(=O)CC(C)C1CCCNC1.Cl. The van der Waals surface area contributed by atoms with E-state index >= 15 is 0 Å². The first kappa shape index (κ1) is 18.7. The molecule has 1 saturated heterocycles.